The van der Waals surface area contributed by atoms with E-state index in [0.717, 1.165) is 70.6 Å². The van der Waals surface area contributed by atoms with Crippen LogP contribution in [0.1, 0.15) is 438 Å². The Morgan fingerprint density at radius 1 is 0.261 bits per heavy atom. The zero-order valence-electron chi connectivity index (χ0n) is 61.8. The number of ether oxygens (including phenoxy) is 2. The summed E-state index contributed by atoms with van der Waals surface area (Å²) in [7, 11) is 0. The van der Waals surface area contributed by atoms with Gasteiger partial charge in [0, 0.05) is 12.8 Å². The van der Waals surface area contributed by atoms with Gasteiger partial charge in [0.15, 0.2) is 6.10 Å². The standard InChI is InChI=1S/C87H158O5/c1-3-5-7-9-11-13-15-17-19-21-23-25-27-29-31-33-35-37-39-41-42-43-44-46-48-50-52-54-56-58-60-62-64-66-68-70-72-74-76-78-80-82-87(90)92-85(83-88)84-91-86(89)81-79-77-75-73-71-69-67-65-63-61-59-57-55-53-51-49-47-45-40-38-36-34-32-30-28-26-24-22-20-18-16-14-12-10-8-6-4-2/h5,7,11,13,17,19,22-25,29,31,35,37,85,88H,3-4,6,8-10,12,14-16,18,20-21,26-28,30,32-34,36,38-84H2,1-2H3/b7-5-,13-11-,19-17-,24-22-,25-23-,31-29-,37-35-. The van der Waals surface area contributed by atoms with Gasteiger partial charge < -0.3 is 14.6 Å². The Bertz CT molecular complexity index is 1650. The lowest BCUT2D eigenvalue weighted by Crippen LogP contribution is -2.28. The SMILES string of the molecule is CC/C=C\C/C=C\C/C=C\C/C=C\C/C=C\C/C=C\CCCCCCCCCCCCCCCCCCCCCCCCC(=O)OC(CO)COC(=O)CCCCCCCCCCCCCCCCCCCCCCCCCCC/C=C\CCCCCCCCCC. The van der Waals surface area contributed by atoms with E-state index < -0.39 is 6.10 Å². The number of carbonyl (C=O) groups excluding carboxylic acids is 2. The van der Waals surface area contributed by atoms with Gasteiger partial charge in [-0.3, -0.25) is 9.59 Å². The van der Waals surface area contributed by atoms with E-state index in [1.807, 2.05) is 0 Å². The fourth-order valence-corrected chi connectivity index (χ4v) is 12.6. The van der Waals surface area contributed by atoms with E-state index in [-0.39, 0.29) is 25.2 Å². The van der Waals surface area contributed by atoms with E-state index in [0.29, 0.717) is 12.8 Å². The van der Waals surface area contributed by atoms with E-state index in [9.17, 15) is 14.7 Å². The van der Waals surface area contributed by atoms with E-state index in [1.165, 1.54) is 340 Å². The van der Waals surface area contributed by atoms with Crippen LogP contribution in [0.25, 0.3) is 0 Å². The monoisotopic (exact) mass is 1280 g/mol. The average molecular weight is 1280 g/mol. The number of allylic oxidation sites excluding steroid dienone is 14. The van der Waals surface area contributed by atoms with Crippen molar-refractivity contribution >= 4 is 11.9 Å². The third kappa shape index (κ3) is 79.5. The summed E-state index contributed by atoms with van der Waals surface area (Å²) in [5.41, 5.74) is 0. The molecule has 536 valence electrons. The van der Waals surface area contributed by atoms with Crippen LogP contribution in [-0.4, -0.2) is 36.4 Å². The second-order valence-corrected chi connectivity index (χ2v) is 27.8. The highest BCUT2D eigenvalue weighted by Crippen LogP contribution is 2.20. The summed E-state index contributed by atoms with van der Waals surface area (Å²) in [6.07, 6.45) is 117. The highest BCUT2D eigenvalue weighted by Gasteiger charge is 2.16. The minimum absolute atomic E-state index is 0.0607. The molecule has 0 aromatic carbocycles. The van der Waals surface area contributed by atoms with Gasteiger partial charge in [-0.1, -0.05) is 420 Å². The number of aliphatic hydroxyl groups excluding tert-OH is 1. The van der Waals surface area contributed by atoms with Crippen LogP contribution >= 0.6 is 0 Å². The lowest BCUT2D eigenvalue weighted by Gasteiger charge is -2.15. The van der Waals surface area contributed by atoms with E-state index in [1.54, 1.807) is 0 Å². The Balaban J connectivity index is 3.38. The second-order valence-electron chi connectivity index (χ2n) is 27.8. The molecule has 0 aliphatic rings. The molecule has 0 aromatic rings. The molecule has 1 atom stereocenters. The van der Waals surface area contributed by atoms with Crippen molar-refractivity contribution in [2.24, 2.45) is 0 Å². The maximum absolute atomic E-state index is 12.4. The first kappa shape index (κ1) is 89.1. The predicted octanol–water partition coefficient (Wildman–Crippen LogP) is 29.1. The quantitative estimate of drug-likeness (QED) is 0.0373. The zero-order valence-corrected chi connectivity index (χ0v) is 61.8. The van der Waals surface area contributed by atoms with Crippen molar-refractivity contribution in [3.05, 3.63) is 85.1 Å². The van der Waals surface area contributed by atoms with Gasteiger partial charge in [0.05, 0.1) is 6.61 Å². The number of esters is 2. The van der Waals surface area contributed by atoms with Crippen molar-refractivity contribution in [1.29, 1.82) is 0 Å². The third-order valence-electron chi connectivity index (χ3n) is 18.7. The minimum atomic E-state index is -0.773. The topological polar surface area (TPSA) is 72.8 Å². The maximum Gasteiger partial charge on any atom is 0.306 e. The molecule has 0 amide bonds. The van der Waals surface area contributed by atoms with Crippen LogP contribution in [0.3, 0.4) is 0 Å². The van der Waals surface area contributed by atoms with Crippen molar-refractivity contribution < 1.29 is 24.2 Å². The molecular weight excluding hydrogens is 1120 g/mol. The molecule has 0 aliphatic heterocycles. The molecule has 0 heterocycles. The summed E-state index contributed by atoms with van der Waals surface area (Å²) in [6, 6.07) is 0. The Morgan fingerprint density at radius 3 is 0.717 bits per heavy atom. The smallest absolute Gasteiger partial charge is 0.306 e. The summed E-state index contributed by atoms with van der Waals surface area (Å²) >= 11 is 0. The Kier molecular flexibility index (Phi) is 79.7. The predicted molar refractivity (Wildman–Crippen MR) is 408 cm³/mol. The van der Waals surface area contributed by atoms with Gasteiger partial charge in [0.1, 0.15) is 6.61 Å². The molecule has 1 N–H and O–H groups in total. The maximum atomic E-state index is 12.4. The summed E-state index contributed by atoms with van der Waals surface area (Å²) in [6.45, 7) is 4.08. The van der Waals surface area contributed by atoms with Gasteiger partial charge in [-0.15, -0.1) is 0 Å². The molecular formula is C87H158O5. The molecule has 92 heavy (non-hydrogen) atoms. The zero-order chi connectivity index (χ0) is 66.1. The Labute approximate surface area is 575 Å². The largest absolute Gasteiger partial charge is 0.462 e. The fraction of sp³-hybridized carbons (Fsp3) is 0.816. The summed E-state index contributed by atoms with van der Waals surface area (Å²) in [5, 5.41) is 9.74. The fourth-order valence-electron chi connectivity index (χ4n) is 12.6. The van der Waals surface area contributed by atoms with Crippen LogP contribution < -0.4 is 0 Å². The summed E-state index contributed by atoms with van der Waals surface area (Å²) < 4.78 is 10.8. The van der Waals surface area contributed by atoms with Crippen LogP contribution in [0.15, 0.2) is 85.1 Å². The molecule has 1 unspecified atom stereocenters. The molecule has 0 aliphatic carbocycles. The van der Waals surface area contributed by atoms with Crippen LogP contribution in [0.4, 0.5) is 0 Å². The number of unbranched alkanes of at least 4 members (excludes halogenated alkanes) is 55. The number of hydrogen-bond donors (Lipinski definition) is 1. The molecule has 5 heteroatoms. The highest BCUT2D eigenvalue weighted by molar-refractivity contribution is 5.70. The molecule has 0 spiro atoms. The molecule has 0 radical (unpaired) electrons. The molecule has 0 saturated heterocycles. The average Bonchev–Trinajstić information content (AvgIpc) is 3.64. The van der Waals surface area contributed by atoms with Gasteiger partial charge >= 0.3 is 11.9 Å². The molecule has 0 saturated carbocycles. The number of hydrogen-bond acceptors (Lipinski definition) is 5. The van der Waals surface area contributed by atoms with Crippen molar-refractivity contribution in [3.63, 3.8) is 0 Å². The molecule has 0 rings (SSSR count). The van der Waals surface area contributed by atoms with Gasteiger partial charge in [-0.2, -0.15) is 0 Å². The molecule has 0 fully saturated rings. The number of rotatable bonds is 77. The van der Waals surface area contributed by atoms with Crippen molar-refractivity contribution in [3.8, 4) is 0 Å². The third-order valence-corrected chi connectivity index (χ3v) is 18.7. The van der Waals surface area contributed by atoms with Gasteiger partial charge in [-0.05, 0) is 89.9 Å². The van der Waals surface area contributed by atoms with Crippen molar-refractivity contribution in [2.45, 2.75) is 444 Å². The number of aliphatic hydroxyl groups is 1. The van der Waals surface area contributed by atoms with E-state index in [2.05, 4.69) is 98.9 Å². The first-order valence-electron chi connectivity index (χ1n) is 41.1. The first-order valence-corrected chi connectivity index (χ1v) is 41.1. The van der Waals surface area contributed by atoms with E-state index >= 15 is 0 Å². The minimum Gasteiger partial charge on any atom is -0.462 e. The van der Waals surface area contributed by atoms with Crippen LogP contribution in [0, 0.1) is 0 Å². The first-order chi connectivity index (χ1) is 45.6. The second kappa shape index (κ2) is 82.3. The normalized spacial score (nSPS) is 12.6. The van der Waals surface area contributed by atoms with Crippen LogP contribution in [0.5, 0.6) is 0 Å². The highest BCUT2D eigenvalue weighted by atomic mass is 16.6. The van der Waals surface area contributed by atoms with E-state index in [4.69, 9.17) is 9.47 Å². The van der Waals surface area contributed by atoms with Gasteiger partial charge in [0.2, 0.25) is 0 Å². The summed E-state index contributed by atoms with van der Waals surface area (Å²) in [5.74, 6) is -0.566. The summed E-state index contributed by atoms with van der Waals surface area (Å²) in [4.78, 5) is 24.7. The van der Waals surface area contributed by atoms with Gasteiger partial charge in [0.25, 0.3) is 0 Å². The van der Waals surface area contributed by atoms with Crippen molar-refractivity contribution in [1.82, 2.24) is 0 Å². The Hall–Kier alpha value is -2.92. The molecule has 0 aromatic heterocycles. The lowest BCUT2D eigenvalue weighted by atomic mass is 10.0. The molecule has 5 nitrogen and oxygen atoms in total. The van der Waals surface area contributed by atoms with Crippen LogP contribution in [-0.2, 0) is 19.1 Å². The van der Waals surface area contributed by atoms with Crippen LogP contribution in [0.2, 0.25) is 0 Å². The number of carbonyl (C=O) groups is 2. The van der Waals surface area contributed by atoms with Crippen molar-refractivity contribution in [2.75, 3.05) is 13.2 Å². The Morgan fingerprint density at radius 2 is 0.467 bits per heavy atom. The van der Waals surface area contributed by atoms with Gasteiger partial charge in [-0.25, -0.2) is 0 Å². The lowest BCUT2D eigenvalue weighted by molar-refractivity contribution is -0.161. The molecule has 0 bridgehead atoms.